The van der Waals surface area contributed by atoms with Crippen molar-refractivity contribution in [3.63, 3.8) is 0 Å². The highest BCUT2D eigenvalue weighted by atomic mass is 19.1. The van der Waals surface area contributed by atoms with Gasteiger partial charge in [0.2, 0.25) is 5.88 Å². The van der Waals surface area contributed by atoms with E-state index in [0.29, 0.717) is 53.0 Å². The summed E-state index contributed by atoms with van der Waals surface area (Å²) in [6.45, 7) is 2.54. The van der Waals surface area contributed by atoms with Crippen LogP contribution in [0, 0.1) is 23.1 Å². The van der Waals surface area contributed by atoms with E-state index in [1.807, 2.05) is 36.4 Å². The zero-order valence-corrected chi connectivity index (χ0v) is 21.2. The number of rotatable bonds is 9. The number of anilines is 1. The highest BCUT2D eigenvalue weighted by Crippen LogP contribution is 2.49. The summed E-state index contributed by atoms with van der Waals surface area (Å²) in [7, 11) is 1.61. The number of nitrogens with zero attached hydrogens (tertiary/aromatic N) is 3. The molecular formula is C30H27FN4O3. The summed E-state index contributed by atoms with van der Waals surface area (Å²) < 4.78 is 19.5. The van der Waals surface area contributed by atoms with Crippen LogP contribution >= 0.6 is 0 Å². The Morgan fingerprint density at radius 3 is 2.55 bits per heavy atom. The monoisotopic (exact) mass is 510 g/mol. The quantitative estimate of drug-likeness (QED) is 0.251. The molecule has 192 valence electrons. The average Bonchev–Trinajstić information content (AvgIpc) is 3.66. The molecule has 2 N–H and O–H groups in total. The van der Waals surface area contributed by atoms with Crippen molar-refractivity contribution in [1.29, 1.82) is 5.26 Å². The summed E-state index contributed by atoms with van der Waals surface area (Å²) in [4.78, 5) is 20.4. The number of carboxylic acid groups (broad SMARTS) is 1. The number of nitrogens with one attached hydrogen (secondary N) is 1. The number of methoxy groups -OCH3 is 1. The highest BCUT2D eigenvalue weighted by Gasteiger charge is 2.37. The van der Waals surface area contributed by atoms with Gasteiger partial charge in [-0.05, 0) is 48.6 Å². The highest BCUT2D eigenvalue weighted by molar-refractivity contribution is 5.98. The number of halogens is 1. The molecule has 8 heteroatoms. The van der Waals surface area contributed by atoms with Crippen molar-refractivity contribution in [2.45, 2.75) is 32.1 Å². The third-order valence-corrected chi connectivity index (χ3v) is 6.97. The van der Waals surface area contributed by atoms with E-state index in [0.717, 1.165) is 28.8 Å². The minimum Gasteiger partial charge on any atom is -0.481 e. The first-order chi connectivity index (χ1) is 18.4. The minimum atomic E-state index is -0.898. The van der Waals surface area contributed by atoms with E-state index in [2.05, 4.69) is 18.3 Å². The number of aliphatic carboxylic acids is 1. The lowest BCUT2D eigenvalue weighted by atomic mass is 9.97. The lowest BCUT2D eigenvalue weighted by molar-refractivity contribution is -0.137. The molecule has 1 fully saturated rings. The molecule has 1 aliphatic carbocycles. The van der Waals surface area contributed by atoms with Gasteiger partial charge in [0.15, 0.2) is 0 Å². The predicted octanol–water partition coefficient (Wildman–Crippen LogP) is 6.38. The van der Waals surface area contributed by atoms with Crippen LogP contribution < -0.4 is 10.1 Å². The molecule has 7 nitrogen and oxygen atoms in total. The van der Waals surface area contributed by atoms with E-state index in [-0.39, 0.29) is 12.0 Å². The van der Waals surface area contributed by atoms with E-state index in [9.17, 15) is 14.4 Å². The number of hydrogen-bond acceptors (Lipinski definition) is 6. The first-order valence-electron chi connectivity index (χ1n) is 12.5. The molecule has 0 aliphatic heterocycles. The van der Waals surface area contributed by atoms with Crippen LogP contribution in [0.25, 0.3) is 33.3 Å². The Labute approximate surface area is 219 Å². The Morgan fingerprint density at radius 2 is 1.89 bits per heavy atom. The molecule has 1 saturated carbocycles. The molecule has 0 saturated heterocycles. The Bertz CT molecular complexity index is 1560. The summed E-state index contributed by atoms with van der Waals surface area (Å²) >= 11 is 0. The van der Waals surface area contributed by atoms with Gasteiger partial charge >= 0.3 is 5.97 Å². The number of ether oxygens (including phenoxy) is 1. The zero-order valence-electron chi connectivity index (χ0n) is 21.2. The van der Waals surface area contributed by atoms with Gasteiger partial charge in [-0.15, -0.1) is 0 Å². The zero-order chi connectivity index (χ0) is 26.8. The average molecular weight is 511 g/mol. The maximum Gasteiger partial charge on any atom is 0.303 e. The van der Waals surface area contributed by atoms with Crippen molar-refractivity contribution in [2.75, 3.05) is 19.0 Å². The smallest absolute Gasteiger partial charge is 0.303 e. The van der Waals surface area contributed by atoms with Crippen molar-refractivity contribution in [1.82, 2.24) is 9.97 Å². The standard InChI is InChI=1S/C30H27FN4O3/c1-17-14-22(17)30-21(10-12-26(35-30)38-2)18-5-7-19(8-6-18)28-24(16-32)29(33-13-3-4-27(36)37)23-15-20(31)9-11-25(23)34-28/h5-12,15,17,22H,3-4,13-14H2,1-2H3,(H,33,34)(H,36,37). The molecular weight excluding hydrogens is 483 g/mol. The Kier molecular flexibility index (Phi) is 6.93. The fourth-order valence-electron chi connectivity index (χ4n) is 4.80. The van der Waals surface area contributed by atoms with Gasteiger partial charge in [-0.1, -0.05) is 31.2 Å². The van der Waals surface area contributed by atoms with Gasteiger partial charge in [-0.3, -0.25) is 4.79 Å². The van der Waals surface area contributed by atoms with Gasteiger partial charge < -0.3 is 15.2 Å². The van der Waals surface area contributed by atoms with Gasteiger partial charge in [0.1, 0.15) is 17.4 Å². The maximum absolute atomic E-state index is 14.1. The molecule has 4 aromatic rings. The first kappa shape index (κ1) is 25.2. The maximum atomic E-state index is 14.1. The lowest BCUT2D eigenvalue weighted by Crippen LogP contribution is -2.08. The third-order valence-electron chi connectivity index (χ3n) is 6.97. The number of carboxylic acids is 1. The number of pyridine rings is 2. The molecule has 2 aromatic carbocycles. The Morgan fingerprint density at radius 1 is 1.16 bits per heavy atom. The number of aromatic nitrogens is 2. The van der Waals surface area contributed by atoms with Crippen LogP contribution in [0.3, 0.4) is 0 Å². The topological polar surface area (TPSA) is 108 Å². The normalized spacial score (nSPS) is 16.2. The van der Waals surface area contributed by atoms with Gasteiger partial charge in [-0.2, -0.15) is 5.26 Å². The molecule has 1 aliphatic rings. The summed E-state index contributed by atoms with van der Waals surface area (Å²) in [5, 5.41) is 22.7. The van der Waals surface area contributed by atoms with Crippen molar-refractivity contribution < 1.29 is 19.0 Å². The van der Waals surface area contributed by atoms with E-state index in [4.69, 9.17) is 19.8 Å². The number of fused-ring (bicyclic) bond motifs is 1. The van der Waals surface area contributed by atoms with Crippen LogP contribution in [-0.4, -0.2) is 34.7 Å². The van der Waals surface area contributed by atoms with Gasteiger partial charge in [0.05, 0.1) is 29.7 Å². The summed E-state index contributed by atoms with van der Waals surface area (Å²) in [5.41, 5.74) is 5.57. The van der Waals surface area contributed by atoms with Crippen LogP contribution in [-0.2, 0) is 4.79 Å². The lowest BCUT2D eigenvalue weighted by Gasteiger charge is -2.15. The third kappa shape index (κ3) is 5.00. The van der Waals surface area contributed by atoms with Gasteiger partial charge in [0.25, 0.3) is 0 Å². The summed E-state index contributed by atoms with van der Waals surface area (Å²) in [5.74, 6) is 0.243. The fourth-order valence-corrected chi connectivity index (χ4v) is 4.80. The van der Waals surface area contributed by atoms with Crippen molar-refractivity contribution in [3.8, 4) is 34.3 Å². The molecule has 0 spiro atoms. The molecule has 2 aromatic heterocycles. The molecule has 0 bridgehead atoms. The summed E-state index contributed by atoms with van der Waals surface area (Å²) in [6, 6.07) is 18.2. The molecule has 0 radical (unpaired) electrons. The fraction of sp³-hybridized carbons (Fsp3) is 0.267. The van der Waals surface area contributed by atoms with Gasteiger partial charge in [-0.25, -0.2) is 14.4 Å². The van der Waals surface area contributed by atoms with E-state index >= 15 is 0 Å². The molecule has 2 atom stereocenters. The van der Waals surface area contributed by atoms with Gasteiger partial charge in [0, 0.05) is 41.5 Å². The largest absolute Gasteiger partial charge is 0.481 e. The SMILES string of the molecule is COc1ccc(-c2ccc(-c3nc4ccc(F)cc4c(NCCCC(=O)O)c3C#N)cc2)c(C2CC2C)n1. The second-order valence-corrected chi connectivity index (χ2v) is 9.59. The molecule has 5 rings (SSSR count). The number of carbonyl (C=O) groups is 1. The van der Waals surface area contributed by atoms with Crippen LogP contribution in [0.5, 0.6) is 5.88 Å². The second-order valence-electron chi connectivity index (χ2n) is 9.59. The van der Waals surface area contributed by atoms with Crippen molar-refractivity contribution in [3.05, 3.63) is 71.7 Å². The minimum absolute atomic E-state index is 0.0115. The van der Waals surface area contributed by atoms with Crippen LogP contribution in [0.15, 0.2) is 54.6 Å². The first-order valence-corrected chi connectivity index (χ1v) is 12.5. The van der Waals surface area contributed by atoms with Crippen molar-refractivity contribution in [2.24, 2.45) is 5.92 Å². The molecule has 2 heterocycles. The van der Waals surface area contributed by atoms with E-state index < -0.39 is 11.8 Å². The Hall–Kier alpha value is -4.51. The van der Waals surface area contributed by atoms with Crippen LogP contribution in [0.1, 0.15) is 43.4 Å². The number of nitriles is 1. The molecule has 0 amide bonds. The van der Waals surface area contributed by atoms with E-state index in [1.165, 1.54) is 12.1 Å². The summed E-state index contributed by atoms with van der Waals surface area (Å²) in [6.07, 6.45) is 1.45. The Balaban J connectivity index is 1.55. The predicted molar refractivity (Wildman–Crippen MR) is 144 cm³/mol. The molecule has 38 heavy (non-hydrogen) atoms. The van der Waals surface area contributed by atoms with Crippen molar-refractivity contribution >= 4 is 22.6 Å². The van der Waals surface area contributed by atoms with E-state index in [1.54, 1.807) is 13.2 Å². The molecule has 2 unspecified atom stereocenters. The number of hydrogen-bond donors (Lipinski definition) is 2. The number of benzene rings is 2. The van der Waals surface area contributed by atoms with Crippen LogP contribution in [0.2, 0.25) is 0 Å². The second kappa shape index (κ2) is 10.5. The van der Waals surface area contributed by atoms with Crippen LogP contribution in [0.4, 0.5) is 10.1 Å².